The van der Waals surface area contributed by atoms with E-state index in [9.17, 15) is 19.3 Å². The Labute approximate surface area is 96.5 Å². The molecule has 0 aromatic heterocycles. The van der Waals surface area contributed by atoms with Crippen molar-refractivity contribution in [3.05, 3.63) is 34.1 Å². The van der Waals surface area contributed by atoms with Gasteiger partial charge in [-0.3, -0.25) is 14.9 Å². The van der Waals surface area contributed by atoms with Crippen molar-refractivity contribution in [1.29, 1.82) is 0 Å². The number of hydrogen-bond acceptors (Lipinski definition) is 5. The zero-order chi connectivity index (χ0) is 12.8. The lowest BCUT2D eigenvalue weighted by molar-refractivity contribution is -0.384. The molecule has 7 heteroatoms. The van der Waals surface area contributed by atoms with Gasteiger partial charge in [0.2, 0.25) is 0 Å². The van der Waals surface area contributed by atoms with Gasteiger partial charge in [0.1, 0.15) is 5.69 Å². The van der Waals surface area contributed by atoms with Crippen molar-refractivity contribution in [2.75, 3.05) is 19.0 Å². The van der Waals surface area contributed by atoms with Gasteiger partial charge in [-0.2, -0.15) is 0 Å². The molecule has 0 saturated carbocycles. The first-order chi connectivity index (χ1) is 8.06. The highest BCUT2D eigenvalue weighted by molar-refractivity contribution is 5.70. The molecule has 0 radical (unpaired) electrons. The van der Waals surface area contributed by atoms with Gasteiger partial charge in [-0.25, -0.2) is 4.39 Å². The first-order valence-electron chi connectivity index (χ1n) is 4.80. The summed E-state index contributed by atoms with van der Waals surface area (Å²) < 4.78 is 17.7. The molecule has 0 fully saturated rings. The fourth-order valence-corrected chi connectivity index (χ4v) is 1.23. The molecule has 0 saturated heterocycles. The maximum atomic E-state index is 13.3. The average Bonchev–Trinajstić information content (AvgIpc) is 2.30. The molecule has 0 aliphatic carbocycles. The molecule has 0 atom stereocenters. The quantitative estimate of drug-likeness (QED) is 0.483. The lowest BCUT2D eigenvalue weighted by Gasteiger charge is -2.07. The fourth-order valence-electron chi connectivity index (χ4n) is 1.23. The lowest BCUT2D eigenvalue weighted by atomic mass is 10.2. The Kier molecular flexibility index (Phi) is 4.38. The van der Waals surface area contributed by atoms with Crippen LogP contribution in [0.5, 0.6) is 0 Å². The van der Waals surface area contributed by atoms with Crippen LogP contribution in [0.4, 0.5) is 15.8 Å². The number of benzene rings is 1. The number of nitro benzene ring substituents is 1. The predicted molar refractivity (Wildman–Crippen MR) is 58.2 cm³/mol. The zero-order valence-corrected chi connectivity index (χ0v) is 9.10. The Balaban J connectivity index is 2.76. The molecule has 0 spiro atoms. The molecule has 92 valence electrons. The van der Waals surface area contributed by atoms with E-state index in [0.717, 1.165) is 6.07 Å². The van der Waals surface area contributed by atoms with Crippen LogP contribution in [0.2, 0.25) is 0 Å². The van der Waals surface area contributed by atoms with E-state index < -0.39 is 16.7 Å². The number of carbonyl (C=O) groups is 1. The molecule has 0 amide bonds. The number of nitro groups is 1. The van der Waals surface area contributed by atoms with Crippen LogP contribution in [0.1, 0.15) is 6.42 Å². The third-order valence-corrected chi connectivity index (χ3v) is 2.05. The van der Waals surface area contributed by atoms with E-state index in [-0.39, 0.29) is 24.3 Å². The number of halogens is 1. The average molecular weight is 242 g/mol. The van der Waals surface area contributed by atoms with E-state index in [1.54, 1.807) is 0 Å². The Morgan fingerprint density at radius 1 is 1.59 bits per heavy atom. The topological polar surface area (TPSA) is 81.5 Å². The monoisotopic (exact) mass is 242 g/mol. The Morgan fingerprint density at radius 2 is 2.29 bits per heavy atom. The molecule has 1 aromatic rings. The largest absolute Gasteiger partial charge is 0.469 e. The first kappa shape index (κ1) is 12.9. The second kappa shape index (κ2) is 5.78. The van der Waals surface area contributed by atoms with E-state index >= 15 is 0 Å². The van der Waals surface area contributed by atoms with E-state index in [1.807, 2.05) is 0 Å². The molecular weight excluding hydrogens is 231 g/mol. The number of para-hydroxylation sites is 1. The number of anilines is 1. The molecular formula is C10H11FN2O4. The van der Waals surface area contributed by atoms with Gasteiger partial charge in [0, 0.05) is 12.6 Å². The number of methoxy groups -OCH3 is 1. The van der Waals surface area contributed by atoms with Gasteiger partial charge in [-0.1, -0.05) is 6.07 Å². The standard InChI is InChI=1S/C10H11FN2O4/c1-17-9(14)5-6-12-10-7(11)3-2-4-8(10)13(15)16/h2-4,12H,5-6H2,1H3. The summed E-state index contributed by atoms with van der Waals surface area (Å²) in [5, 5.41) is 13.1. The van der Waals surface area contributed by atoms with E-state index in [0.29, 0.717) is 0 Å². The van der Waals surface area contributed by atoms with E-state index in [1.165, 1.54) is 19.2 Å². The molecule has 0 bridgehead atoms. The lowest BCUT2D eigenvalue weighted by Crippen LogP contribution is -2.11. The van der Waals surface area contributed by atoms with Gasteiger partial charge >= 0.3 is 5.97 Å². The molecule has 0 unspecified atom stereocenters. The van der Waals surface area contributed by atoms with Crippen molar-refractivity contribution < 1.29 is 18.8 Å². The normalized spacial score (nSPS) is 9.76. The van der Waals surface area contributed by atoms with Crippen molar-refractivity contribution in [2.45, 2.75) is 6.42 Å². The summed E-state index contributed by atoms with van der Waals surface area (Å²) in [7, 11) is 1.23. The van der Waals surface area contributed by atoms with Crippen LogP contribution >= 0.6 is 0 Å². The molecule has 17 heavy (non-hydrogen) atoms. The minimum atomic E-state index is -0.732. The van der Waals surface area contributed by atoms with Crippen molar-refractivity contribution in [3.8, 4) is 0 Å². The van der Waals surface area contributed by atoms with Crippen molar-refractivity contribution in [2.24, 2.45) is 0 Å². The fraction of sp³-hybridized carbons (Fsp3) is 0.300. The molecule has 1 aromatic carbocycles. The van der Waals surface area contributed by atoms with Gasteiger partial charge in [0.15, 0.2) is 5.82 Å². The maximum absolute atomic E-state index is 13.3. The summed E-state index contributed by atoms with van der Waals surface area (Å²) in [4.78, 5) is 20.8. The summed E-state index contributed by atoms with van der Waals surface area (Å²) in [5.74, 6) is -1.21. The number of nitrogens with one attached hydrogen (secondary N) is 1. The van der Waals surface area contributed by atoms with Gasteiger partial charge in [-0.05, 0) is 6.07 Å². The van der Waals surface area contributed by atoms with Gasteiger partial charge in [0.25, 0.3) is 5.69 Å². The minimum Gasteiger partial charge on any atom is -0.469 e. The number of rotatable bonds is 5. The molecule has 0 heterocycles. The molecule has 1 N–H and O–H groups in total. The Bertz CT molecular complexity index is 436. The summed E-state index contributed by atoms with van der Waals surface area (Å²) >= 11 is 0. The summed E-state index contributed by atoms with van der Waals surface area (Å²) in [6, 6.07) is 3.54. The van der Waals surface area contributed by atoms with Crippen LogP contribution in [0, 0.1) is 15.9 Å². The number of carbonyl (C=O) groups excluding carboxylic acids is 1. The van der Waals surface area contributed by atoms with Crippen LogP contribution < -0.4 is 5.32 Å². The summed E-state index contributed by atoms with van der Waals surface area (Å²) in [6.45, 7) is 0.0639. The number of ether oxygens (including phenoxy) is 1. The zero-order valence-electron chi connectivity index (χ0n) is 9.10. The highest BCUT2D eigenvalue weighted by atomic mass is 19.1. The van der Waals surface area contributed by atoms with Crippen LogP contribution in [-0.2, 0) is 9.53 Å². The molecule has 0 aliphatic rings. The van der Waals surface area contributed by atoms with Gasteiger partial charge in [0.05, 0.1) is 18.5 Å². The molecule has 6 nitrogen and oxygen atoms in total. The number of hydrogen-bond donors (Lipinski definition) is 1. The van der Waals surface area contributed by atoms with Crippen LogP contribution in [0.25, 0.3) is 0 Å². The highest BCUT2D eigenvalue weighted by Crippen LogP contribution is 2.26. The highest BCUT2D eigenvalue weighted by Gasteiger charge is 2.17. The van der Waals surface area contributed by atoms with Crippen LogP contribution in [0.3, 0.4) is 0 Å². The smallest absolute Gasteiger partial charge is 0.307 e. The predicted octanol–water partition coefficient (Wildman–Crippen LogP) is 1.71. The third-order valence-electron chi connectivity index (χ3n) is 2.05. The van der Waals surface area contributed by atoms with Crippen LogP contribution in [0.15, 0.2) is 18.2 Å². The van der Waals surface area contributed by atoms with E-state index in [4.69, 9.17) is 0 Å². The van der Waals surface area contributed by atoms with Crippen molar-refractivity contribution in [1.82, 2.24) is 0 Å². The SMILES string of the molecule is COC(=O)CCNc1c(F)cccc1[N+](=O)[O-]. The molecule has 0 aliphatic heterocycles. The maximum Gasteiger partial charge on any atom is 0.307 e. The number of esters is 1. The van der Waals surface area contributed by atoms with Crippen LogP contribution in [-0.4, -0.2) is 24.5 Å². The van der Waals surface area contributed by atoms with Crippen molar-refractivity contribution >= 4 is 17.3 Å². The minimum absolute atomic E-state index is 0.00197. The van der Waals surface area contributed by atoms with Crippen molar-refractivity contribution in [3.63, 3.8) is 0 Å². The summed E-state index contributed by atoms with van der Waals surface area (Å²) in [5.41, 5.74) is -0.587. The summed E-state index contributed by atoms with van der Waals surface area (Å²) in [6.07, 6.45) is 0.00197. The second-order valence-electron chi connectivity index (χ2n) is 3.14. The van der Waals surface area contributed by atoms with Gasteiger partial charge in [-0.15, -0.1) is 0 Å². The first-order valence-corrected chi connectivity index (χ1v) is 4.80. The Morgan fingerprint density at radius 3 is 2.88 bits per heavy atom. The Hall–Kier alpha value is -2.18. The third kappa shape index (κ3) is 3.40. The molecule has 1 rings (SSSR count). The van der Waals surface area contributed by atoms with E-state index in [2.05, 4.69) is 10.1 Å². The second-order valence-corrected chi connectivity index (χ2v) is 3.14. The van der Waals surface area contributed by atoms with Gasteiger partial charge < -0.3 is 10.1 Å². The number of nitrogens with zero attached hydrogens (tertiary/aromatic N) is 1.